The zero-order chi connectivity index (χ0) is 27.5. The summed E-state index contributed by atoms with van der Waals surface area (Å²) in [6, 6.07) is -0.194. The summed E-state index contributed by atoms with van der Waals surface area (Å²) in [4.78, 5) is 41.3. The zero-order valence-corrected chi connectivity index (χ0v) is 24.7. The Bertz CT molecular complexity index is 646. The van der Waals surface area contributed by atoms with Crippen LogP contribution in [0.1, 0.15) is 137 Å². The van der Waals surface area contributed by atoms with Crippen LogP contribution in [0.25, 0.3) is 0 Å². The van der Waals surface area contributed by atoms with E-state index in [0.717, 1.165) is 32.1 Å². The molecule has 2 amide bonds. The lowest BCUT2D eigenvalue weighted by Gasteiger charge is -2.39. The molecule has 0 aliphatic carbocycles. The van der Waals surface area contributed by atoms with Crippen molar-refractivity contribution < 1.29 is 23.9 Å². The van der Waals surface area contributed by atoms with Crippen LogP contribution in [-0.2, 0) is 19.1 Å². The van der Waals surface area contributed by atoms with Gasteiger partial charge in [-0.05, 0) is 47.0 Å². The fourth-order valence-corrected chi connectivity index (χ4v) is 4.91. The summed E-state index contributed by atoms with van der Waals surface area (Å²) >= 11 is 0. The summed E-state index contributed by atoms with van der Waals surface area (Å²) in [5.74, 6) is -0.414. The van der Waals surface area contributed by atoms with Gasteiger partial charge in [0.25, 0.3) is 0 Å². The largest absolute Gasteiger partial charge is 0.465 e. The van der Waals surface area contributed by atoms with Gasteiger partial charge in [0.15, 0.2) is 0 Å². The van der Waals surface area contributed by atoms with Crippen molar-refractivity contribution >= 4 is 18.0 Å². The minimum atomic E-state index is -0.571. The van der Waals surface area contributed by atoms with E-state index >= 15 is 0 Å². The number of unbranched alkanes of at least 4 members (excludes halogenated alkanes) is 12. The molecule has 0 bridgehead atoms. The Kier molecular flexibility index (Phi) is 17.3. The molecular weight excluding hydrogens is 468 g/mol. The monoisotopic (exact) mass is 524 g/mol. The molecule has 0 spiro atoms. The molecule has 1 saturated heterocycles. The third kappa shape index (κ3) is 15.9. The SMILES string of the molecule is CCCCCCCCCCCCCCCC(=O)N(CC(=O)OCC)C1CCCN(C(=O)OC(C)(C)C)C1. The van der Waals surface area contributed by atoms with Crippen LogP contribution in [0.3, 0.4) is 0 Å². The van der Waals surface area contributed by atoms with E-state index in [9.17, 15) is 14.4 Å². The second-order valence-electron chi connectivity index (χ2n) is 11.5. The third-order valence-electron chi connectivity index (χ3n) is 6.91. The van der Waals surface area contributed by atoms with E-state index in [1.165, 1.54) is 64.2 Å². The molecule has 0 aromatic rings. The first kappa shape index (κ1) is 33.2. The molecule has 0 radical (unpaired) electrons. The van der Waals surface area contributed by atoms with Crippen LogP contribution in [0.5, 0.6) is 0 Å². The molecule has 0 aromatic carbocycles. The number of carbonyl (C=O) groups is 3. The highest BCUT2D eigenvalue weighted by molar-refractivity contribution is 5.82. The number of likely N-dealkylation sites (tertiary alicyclic amines) is 1. The highest BCUT2D eigenvalue weighted by Crippen LogP contribution is 2.21. The van der Waals surface area contributed by atoms with Crippen molar-refractivity contribution in [1.29, 1.82) is 0 Å². The average molecular weight is 525 g/mol. The number of carbonyl (C=O) groups excluding carboxylic acids is 3. The number of hydrogen-bond acceptors (Lipinski definition) is 5. The topological polar surface area (TPSA) is 76.2 Å². The lowest BCUT2D eigenvalue weighted by molar-refractivity contribution is -0.151. The van der Waals surface area contributed by atoms with E-state index in [1.807, 2.05) is 20.8 Å². The van der Waals surface area contributed by atoms with E-state index in [0.29, 0.717) is 19.5 Å². The smallest absolute Gasteiger partial charge is 0.410 e. The normalized spacial score (nSPS) is 15.9. The molecule has 0 saturated carbocycles. The quantitative estimate of drug-likeness (QED) is 0.139. The number of piperidine rings is 1. The Morgan fingerprint density at radius 3 is 1.89 bits per heavy atom. The van der Waals surface area contributed by atoms with Crippen LogP contribution >= 0.6 is 0 Å². The van der Waals surface area contributed by atoms with Crippen LogP contribution in [0, 0.1) is 0 Å². The Labute approximate surface area is 227 Å². The molecule has 0 aromatic heterocycles. The molecule has 0 N–H and O–H groups in total. The van der Waals surface area contributed by atoms with E-state index in [-0.39, 0.29) is 31.2 Å². The average Bonchev–Trinajstić information content (AvgIpc) is 2.84. The van der Waals surface area contributed by atoms with Crippen molar-refractivity contribution in [2.24, 2.45) is 0 Å². The highest BCUT2D eigenvalue weighted by atomic mass is 16.6. The summed E-state index contributed by atoms with van der Waals surface area (Å²) in [5.41, 5.74) is -0.571. The van der Waals surface area contributed by atoms with E-state index in [1.54, 1.807) is 16.7 Å². The molecule has 7 nitrogen and oxygen atoms in total. The summed E-state index contributed by atoms with van der Waals surface area (Å²) < 4.78 is 10.7. The summed E-state index contributed by atoms with van der Waals surface area (Å²) in [5, 5.41) is 0. The third-order valence-corrected chi connectivity index (χ3v) is 6.91. The second kappa shape index (κ2) is 19.3. The molecule has 1 aliphatic heterocycles. The molecule has 1 atom stereocenters. The number of rotatable bonds is 18. The first-order valence-electron chi connectivity index (χ1n) is 15.1. The standard InChI is InChI=1S/C30H56N2O5/c1-6-8-9-10-11-12-13-14-15-16-17-18-19-22-27(33)32(25-28(34)36-7-2)26-21-20-23-31(24-26)29(35)37-30(3,4)5/h26H,6-25H2,1-5H3. The first-order chi connectivity index (χ1) is 17.7. The maximum absolute atomic E-state index is 13.2. The molecule has 1 unspecified atom stereocenters. The van der Waals surface area contributed by atoms with Gasteiger partial charge in [-0.2, -0.15) is 0 Å². The minimum Gasteiger partial charge on any atom is -0.465 e. The first-order valence-corrected chi connectivity index (χ1v) is 15.1. The van der Waals surface area contributed by atoms with Crippen LogP contribution < -0.4 is 0 Å². The van der Waals surface area contributed by atoms with E-state index in [2.05, 4.69) is 6.92 Å². The predicted octanol–water partition coefficient (Wildman–Crippen LogP) is 7.26. The number of ether oxygens (including phenoxy) is 2. The van der Waals surface area contributed by atoms with Crippen LogP contribution in [0.4, 0.5) is 4.79 Å². The maximum Gasteiger partial charge on any atom is 0.410 e. The molecule has 1 rings (SSSR count). The Morgan fingerprint density at radius 2 is 1.38 bits per heavy atom. The summed E-state index contributed by atoms with van der Waals surface area (Å²) in [6.45, 7) is 10.8. The van der Waals surface area contributed by atoms with Gasteiger partial charge in [-0.25, -0.2) is 4.79 Å². The van der Waals surface area contributed by atoms with Gasteiger partial charge in [-0.15, -0.1) is 0 Å². The maximum atomic E-state index is 13.2. The number of nitrogens with zero attached hydrogens (tertiary/aromatic N) is 2. The van der Waals surface area contributed by atoms with Crippen LogP contribution in [0.15, 0.2) is 0 Å². The lowest BCUT2D eigenvalue weighted by Crippen LogP contribution is -2.53. The van der Waals surface area contributed by atoms with Crippen molar-refractivity contribution in [2.75, 3.05) is 26.2 Å². The zero-order valence-electron chi connectivity index (χ0n) is 24.7. The van der Waals surface area contributed by atoms with Crippen LogP contribution in [0.2, 0.25) is 0 Å². The Hall–Kier alpha value is -1.79. The lowest BCUT2D eigenvalue weighted by atomic mass is 10.0. The van der Waals surface area contributed by atoms with Crippen molar-refractivity contribution in [3.63, 3.8) is 0 Å². The molecule has 1 fully saturated rings. The Balaban J connectivity index is 2.41. The van der Waals surface area contributed by atoms with Gasteiger partial charge in [-0.1, -0.05) is 84.0 Å². The predicted molar refractivity (Wildman–Crippen MR) is 149 cm³/mol. The molecule has 216 valence electrons. The van der Waals surface area contributed by atoms with Crippen molar-refractivity contribution in [3.8, 4) is 0 Å². The van der Waals surface area contributed by atoms with Gasteiger partial charge >= 0.3 is 12.1 Å². The van der Waals surface area contributed by atoms with Gasteiger partial charge in [0.2, 0.25) is 5.91 Å². The molecule has 1 aliphatic rings. The van der Waals surface area contributed by atoms with E-state index in [4.69, 9.17) is 9.47 Å². The molecule has 7 heteroatoms. The van der Waals surface area contributed by atoms with Gasteiger partial charge in [-0.3, -0.25) is 9.59 Å². The Morgan fingerprint density at radius 1 is 0.838 bits per heavy atom. The summed E-state index contributed by atoms with van der Waals surface area (Å²) in [6.07, 6.45) is 18.0. The second-order valence-corrected chi connectivity index (χ2v) is 11.5. The fourth-order valence-electron chi connectivity index (χ4n) is 4.91. The van der Waals surface area contributed by atoms with Gasteiger partial charge in [0, 0.05) is 19.5 Å². The number of esters is 1. The number of amides is 2. The molecule has 1 heterocycles. The highest BCUT2D eigenvalue weighted by Gasteiger charge is 2.33. The fraction of sp³-hybridized carbons (Fsp3) is 0.900. The van der Waals surface area contributed by atoms with Gasteiger partial charge < -0.3 is 19.3 Å². The van der Waals surface area contributed by atoms with Crippen molar-refractivity contribution in [3.05, 3.63) is 0 Å². The summed E-state index contributed by atoms with van der Waals surface area (Å²) in [7, 11) is 0. The van der Waals surface area contributed by atoms with Gasteiger partial charge in [0.1, 0.15) is 12.1 Å². The van der Waals surface area contributed by atoms with Crippen LogP contribution in [-0.4, -0.2) is 65.7 Å². The van der Waals surface area contributed by atoms with E-state index < -0.39 is 11.6 Å². The minimum absolute atomic E-state index is 0.0211. The number of hydrogen-bond donors (Lipinski definition) is 0. The van der Waals surface area contributed by atoms with Crippen molar-refractivity contribution in [1.82, 2.24) is 9.80 Å². The molecule has 37 heavy (non-hydrogen) atoms. The van der Waals surface area contributed by atoms with Gasteiger partial charge in [0.05, 0.1) is 12.6 Å². The van der Waals surface area contributed by atoms with Crippen molar-refractivity contribution in [2.45, 2.75) is 149 Å². The molecular formula is C30H56N2O5.